The van der Waals surface area contributed by atoms with Gasteiger partial charge in [0.05, 0.1) is 11.9 Å². The van der Waals surface area contributed by atoms with Crippen LogP contribution in [0.25, 0.3) is 5.69 Å². The van der Waals surface area contributed by atoms with Gasteiger partial charge in [0.1, 0.15) is 12.1 Å². The minimum absolute atomic E-state index is 0.103. The molecule has 12 nitrogen and oxygen atoms in total. The first-order valence-corrected chi connectivity index (χ1v) is 11.0. The smallest absolute Gasteiger partial charge is 0.276 e. The maximum absolute atomic E-state index is 12.9. The Labute approximate surface area is 194 Å². The van der Waals surface area contributed by atoms with Crippen molar-refractivity contribution in [1.82, 2.24) is 35.0 Å². The molecule has 34 heavy (non-hydrogen) atoms. The van der Waals surface area contributed by atoms with Crippen molar-refractivity contribution in [2.45, 2.75) is 37.9 Å². The normalized spacial score (nSPS) is 22.3. The predicted molar refractivity (Wildman–Crippen MR) is 116 cm³/mol. The first-order chi connectivity index (χ1) is 16.2. The molecule has 5 rings (SSSR count). The Hall–Kier alpha value is -4.09. The lowest BCUT2D eigenvalue weighted by Crippen LogP contribution is -2.52. The van der Waals surface area contributed by atoms with Crippen LogP contribution in [0.2, 0.25) is 0 Å². The van der Waals surface area contributed by atoms with Gasteiger partial charge in [-0.1, -0.05) is 5.21 Å². The van der Waals surface area contributed by atoms with Crippen LogP contribution in [-0.2, 0) is 20.9 Å². The summed E-state index contributed by atoms with van der Waals surface area (Å²) in [6, 6.07) is 3.89. The van der Waals surface area contributed by atoms with E-state index < -0.39 is 23.9 Å². The molecule has 3 aliphatic heterocycles. The molecular formula is C22H23N7O5. The summed E-state index contributed by atoms with van der Waals surface area (Å²) in [5.74, 6) is -1.57. The minimum atomic E-state index is -0.690. The number of carbonyl (C=O) groups excluding carboxylic acids is 5. The van der Waals surface area contributed by atoms with E-state index in [1.807, 2.05) is 0 Å². The van der Waals surface area contributed by atoms with E-state index in [2.05, 4.69) is 15.6 Å². The van der Waals surface area contributed by atoms with Crippen LogP contribution >= 0.6 is 0 Å². The van der Waals surface area contributed by atoms with Crippen LogP contribution in [0.4, 0.5) is 0 Å². The van der Waals surface area contributed by atoms with E-state index in [9.17, 15) is 24.0 Å². The van der Waals surface area contributed by atoms with Gasteiger partial charge in [-0.15, -0.1) is 5.10 Å². The molecule has 1 N–H and O–H groups in total. The van der Waals surface area contributed by atoms with Crippen molar-refractivity contribution < 1.29 is 24.0 Å². The van der Waals surface area contributed by atoms with E-state index in [1.54, 1.807) is 37.2 Å². The van der Waals surface area contributed by atoms with Crippen LogP contribution in [0.5, 0.6) is 0 Å². The van der Waals surface area contributed by atoms with Gasteiger partial charge in [0, 0.05) is 39.2 Å². The van der Waals surface area contributed by atoms with Crippen LogP contribution < -0.4 is 5.32 Å². The van der Waals surface area contributed by atoms with E-state index in [4.69, 9.17) is 0 Å². The maximum Gasteiger partial charge on any atom is 0.276 e. The standard InChI is InChI=1S/C22H23N7O5/c1-26-8-7-17(22(26)34)27(2)21(33)15-11-29(25-24-15)13-3-4-14-12(9-13)10-28(20(14)32)16-5-6-18(30)23-19(16)31/h3-4,9,11,16-17H,5-8,10H2,1-2H3,(H,23,30,31). The Bertz CT molecular complexity index is 1240. The van der Waals surface area contributed by atoms with Gasteiger partial charge >= 0.3 is 0 Å². The Morgan fingerprint density at radius 1 is 1.18 bits per heavy atom. The topological polar surface area (TPSA) is 138 Å². The van der Waals surface area contributed by atoms with E-state index >= 15 is 0 Å². The number of aromatic nitrogens is 3. The number of likely N-dealkylation sites (N-methyl/N-ethyl adjacent to an activating group) is 2. The van der Waals surface area contributed by atoms with Gasteiger partial charge in [0.15, 0.2) is 5.69 Å². The Kier molecular flexibility index (Phi) is 5.14. The monoisotopic (exact) mass is 465 g/mol. The lowest BCUT2D eigenvalue weighted by molar-refractivity contribution is -0.137. The third-order valence-electron chi connectivity index (χ3n) is 6.67. The minimum Gasteiger partial charge on any atom is -0.344 e. The van der Waals surface area contributed by atoms with Gasteiger partial charge in [-0.25, -0.2) is 4.68 Å². The molecule has 0 radical (unpaired) electrons. The summed E-state index contributed by atoms with van der Waals surface area (Å²) < 4.78 is 1.43. The van der Waals surface area contributed by atoms with Gasteiger partial charge in [0.2, 0.25) is 17.7 Å². The fraction of sp³-hybridized carbons (Fsp3) is 0.409. The average molecular weight is 465 g/mol. The second-order valence-corrected chi connectivity index (χ2v) is 8.77. The average Bonchev–Trinajstić information content (AvgIpc) is 3.52. The summed E-state index contributed by atoms with van der Waals surface area (Å²) in [6.45, 7) is 0.826. The van der Waals surface area contributed by atoms with Gasteiger partial charge < -0.3 is 14.7 Å². The molecule has 2 saturated heterocycles. The largest absolute Gasteiger partial charge is 0.344 e. The number of carbonyl (C=O) groups is 5. The number of nitrogens with one attached hydrogen (secondary N) is 1. The summed E-state index contributed by atoms with van der Waals surface area (Å²) in [7, 11) is 3.28. The third-order valence-corrected chi connectivity index (χ3v) is 6.67. The molecule has 0 saturated carbocycles. The summed E-state index contributed by atoms with van der Waals surface area (Å²) in [5.41, 5.74) is 1.90. The number of amides is 5. The summed E-state index contributed by atoms with van der Waals surface area (Å²) >= 11 is 0. The highest BCUT2D eigenvalue weighted by molar-refractivity contribution is 6.05. The Morgan fingerprint density at radius 2 is 1.97 bits per heavy atom. The molecule has 4 heterocycles. The van der Waals surface area contributed by atoms with Gasteiger partial charge in [-0.3, -0.25) is 29.3 Å². The molecule has 2 aromatic rings. The molecular weight excluding hydrogens is 442 g/mol. The fourth-order valence-corrected chi connectivity index (χ4v) is 4.68. The van der Waals surface area contributed by atoms with E-state index in [0.717, 1.165) is 0 Å². The maximum atomic E-state index is 12.9. The van der Waals surface area contributed by atoms with E-state index in [0.29, 0.717) is 36.2 Å². The zero-order valence-corrected chi connectivity index (χ0v) is 18.7. The predicted octanol–water partition coefficient (Wildman–Crippen LogP) is -0.669. The lowest BCUT2D eigenvalue weighted by atomic mass is 10.0. The molecule has 176 valence electrons. The number of imide groups is 1. The highest BCUT2D eigenvalue weighted by Crippen LogP contribution is 2.29. The quantitative estimate of drug-likeness (QED) is 0.591. The van der Waals surface area contributed by atoms with Crippen molar-refractivity contribution in [3.63, 3.8) is 0 Å². The second kappa shape index (κ2) is 8.04. The molecule has 0 aliphatic carbocycles. The number of likely N-dealkylation sites (tertiary alicyclic amines) is 1. The molecule has 3 aliphatic rings. The van der Waals surface area contributed by atoms with Gasteiger partial charge in [-0.05, 0) is 36.6 Å². The third kappa shape index (κ3) is 3.51. The van der Waals surface area contributed by atoms with Gasteiger partial charge in [-0.2, -0.15) is 0 Å². The van der Waals surface area contributed by atoms with Crippen molar-refractivity contribution >= 4 is 29.5 Å². The van der Waals surface area contributed by atoms with Crippen molar-refractivity contribution in [3.05, 3.63) is 41.2 Å². The van der Waals surface area contributed by atoms with Gasteiger partial charge in [0.25, 0.3) is 11.8 Å². The number of hydrogen-bond acceptors (Lipinski definition) is 7. The lowest BCUT2D eigenvalue weighted by Gasteiger charge is -2.29. The summed E-state index contributed by atoms with van der Waals surface area (Å²) in [4.78, 5) is 66.1. The van der Waals surface area contributed by atoms with Crippen LogP contribution in [-0.4, -0.2) is 92.0 Å². The summed E-state index contributed by atoms with van der Waals surface area (Å²) in [5, 5.41) is 10.3. The number of benzene rings is 1. The molecule has 2 unspecified atom stereocenters. The molecule has 0 spiro atoms. The number of fused-ring (bicyclic) bond motifs is 1. The van der Waals surface area contributed by atoms with Crippen molar-refractivity contribution in [3.8, 4) is 5.69 Å². The number of rotatable bonds is 4. The molecule has 2 atom stereocenters. The zero-order valence-electron chi connectivity index (χ0n) is 18.7. The Morgan fingerprint density at radius 3 is 2.68 bits per heavy atom. The molecule has 1 aromatic heterocycles. The van der Waals surface area contributed by atoms with Crippen molar-refractivity contribution in [1.29, 1.82) is 0 Å². The first kappa shape index (κ1) is 21.7. The first-order valence-electron chi connectivity index (χ1n) is 11.0. The SMILES string of the molecule is CN1CCC(N(C)C(=O)c2cn(-c3ccc4c(c3)CN(C3CCC(=O)NC3=O)C4=O)nn2)C1=O. The number of piperidine rings is 1. The molecule has 1 aromatic carbocycles. The molecule has 2 fully saturated rings. The number of hydrogen-bond donors (Lipinski definition) is 1. The molecule has 5 amide bonds. The highest BCUT2D eigenvalue weighted by atomic mass is 16.2. The van der Waals surface area contributed by atoms with E-state index in [1.165, 1.54) is 20.7 Å². The molecule has 12 heteroatoms. The highest BCUT2D eigenvalue weighted by Gasteiger charge is 2.39. The van der Waals surface area contributed by atoms with Crippen LogP contribution in [0, 0.1) is 0 Å². The van der Waals surface area contributed by atoms with E-state index in [-0.39, 0.29) is 36.4 Å². The number of nitrogens with zero attached hydrogens (tertiary/aromatic N) is 6. The van der Waals surface area contributed by atoms with Crippen LogP contribution in [0.1, 0.15) is 45.7 Å². The van der Waals surface area contributed by atoms with Crippen LogP contribution in [0.3, 0.4) is 0 Å². The molecule has 0 bridgehead atoms. The summed E-state index contributed by atoms with van der Waals surface area (Å²) in [6.07, 6.45) is 2.53. The Balaban J connectivity index is 1.33. The fourth-order valence-electron chi connectivity index (χ4n) is 4.68. The van der Waals surface area contributed by atoms with Crippen molar-refractivity contribution in [2.24, 2.45) is 0 Å². The zero-order chi connectivity index (χ0) is 24.1. The van der Waals surface area contributed by atoms with Crippen molar-refractivity contribution in [2.75, 3.05) is 20.6 Å². The van der Waals surface area contributed by atoms with Crippen LogP contribution in [0.15, 0.2) is 24.4 Å². The second-order valence-electron chi connectivity index (χ2n) is 8.77.